The van der Waals surface area contributed by atoms with Crippen LogP contribution in [0.4, 0.5) is 9.59 Å². The van der Waals surface area contributed by atoms with E-state index in [2.05, 4.69) is 0 Å². The largest absolute Gasteiger partial charge is 0.444 e. The molecule has 2 fully saturated rings. The molecule has 0 aliphatic carbocycles. The van der Waals surface area contributed by atoms with E-state index in [9.17, 15) is 9.59 Å². The minimum Gasteiger partial charge on any atom is -0.444 e. The molecular formula is C22H42N2O8. The number of carbonyl (C=O) groups is 2. The maximum Gasteiger partial charge on any atom is 0.410 e. The first-order valence-corrected chi connectivity index (χ1v) is 11.1. The van der Waals surface area contributed by atoms with Gasteiger partial charge < -0.3 is 39.7 Å². The Labute approximate surface area is 191 Å². The Hall–Kier alpha value is -1.62. The van der Waals surface area contributed by atoms with Gasteiger partial charge in [-0.15, -0.1) is 0 Å². The van der Waals surface area contributed by atoms with Crippen LogP contribution in [-0.4, -0.2) is 106 Å². The summed E-state index contributed by atoms with van der Waals surface area (Å²) in [5.41, 5.74) is -1.02. The fourth-order valence-corrected chi connectivity index (χ4v) is 3.66. The molecule has 32 heavy (non-hydrogen) atoms. The van der Waals surface area contributed by atoms with Crippen LogP contribution in [-0.2, 0) is 9.47 Å². The number of rotatable bonds is 4. The maximum atomic E-state index is 11.7. The third kappa shape index (κ3) is 9.09. The lowest BCUT2D eigenvalue weighted by atomic mass is 9.98. The van der Waals surface area contributed by atoms with Crippen molar-refractivity contribution in [1.29, 1.82) is 0 Å². The molecule has 2 heterocycles. The molecule has 0 unspecified atom stereocenters. The molecule has 2 saturated heterocycles. The summed E-state index contributed by atoms with van der Waals surface area (Å²) in [6, 6.07) is 0. The highest BCUT2D eigenvalue weighted by molar-refractivity contribution is 5.69. The Kier molecular flexibility index (Phi) is 10.7. The number of aliphatic hydroxyl groups is 4. The molecular weight excluding hydrogens is 420 g/mol. The molecule has 2 aliphatic rings. The number of hydrogen-bond acceptors (Lipinski definition) is 8. The standard InChI is InChI=1S/2C11H21NO4/c2*1-11(2,3)16-10(15)12-4-8(6-13)9(5-12)7-14/h2*8-9,13-14H,4-7H2,1-3H3/t2*8-,9+. The smallest absolute Gasteiger partial charge is 0.410 e. The predicted molar refractivity (Wildman–Crippen MR) is 118 cm³/mol. The Bertz CT molecular complexity index is 526. The van der Waals surface area contributed by atoms with E-state index >= 15 is 0 Å². The van der Waals surface area contributed by atoms with Crippen LogP contribution in [0.25, 0.3) is 0 Å². The number of likely N-dealkylation sites (tertiary alicyclic amines) is 2. The first-order valence-electron chi connectivity index (χ1n) is 11.1. The molecule has 0 aromatic heterocycles. The predicted octanol–water partition coefficient (Wildman–Crippen LogP) is 0.908. The summed E-state index contributed by atoms with van der Waals surface area (Å²) in [6.07, 6.45) is -0.746. The van der Waals surface area contributed by atoms with Crippen molar-refractivity contribution in [2.45, 2.75) is 52.7 Å². The van der Waals surface area contributed by atoms with Crippen molar-refractivity contribution in [3.63, 3.8) is 0 Å². The Morgan fingerprint density at radius 1 is 0.625 bits per heavy atom. The van der Waals surface area contributed by atoms with Crippen LogP contribution in [0.2, 0.25) is 0 Å². The van der Waals surface area contributed by atoms with Crippen LogP contribution < -0.4 is 0 Å². The quantitative estimate of drug-likeness (QED) is 0.483. The van der Waals surface area contributed by atoms with Crippen LogP contribution in [0.15, 0.2) is 0 Å². The average molecular weight is 463 g/mol. The number of carbonyl (C=O) groups excluding carboxylic acids is 2. The summed E-state index contributed by atoms with van der Waals surface area (Å²) in [5, 5.41) is 36.4. The van der Waals surface area contributed by atoms with Gasteiger partial charge >= 0.3 is 12.2 Å². The highest BCUT2D eigenvalue weighted by Crippen LogP contribution is 2.25. The average Bonchev–Trinajstić information content (AvgIpc) is 3.29. The number of ether oxygens (including phenoxy) is 2. The summed E-state index contributed by atoms with van der Waals surface area (Å²) < 4.78 is 10.5. The van der Waals surface area contributed by atoms with Gasteiger partial charge in [0.25, 0.3) is 0 Å². The van der Waals surface area contributed by atoms with Gasteiger partial charge in [0, 0.05) is 76.3 Å². The second-order valence-electron chi connectivity index (χ2n) is 10.5. The van der Waals surface area contributed by atoms with Crippen molar-refractivity contribution in [3.8, 4) is 0 Å². The van der Waals surface area contributed by atoms with Gasteiger partial charge in [-0.1, -0.05) is 0 Å². The summed E-state index contributed by atoms with van der Waals surface area (Å²) in [4.78, 5) is 26.5. The van der Waals surface area contributed by atoms with Gasteiger partial charge in [-0.05, 0) is 41.5 Å². The fraction of sp³-hybridized carbons (Fsp3) is 0.909. The molecule has 0 saturated carbocycles. The first kappa shape index (κ1) is 28.4. The lowest BCUT2D eigenvalue weighted by Gasteiger charge is -2.24. The molecule has 10 nitrogen and oxygen atoms in total. The van der Waals surface area contributed by atoms with Crippen LogP contribution in [0.5, 0.6) is 0 Å². The summed E-state index contributed by atoms with van der Waals surface area (Å²) in [5.74, 6) is -0.176. The molecule has 10 heteroatoms. The normalized spacial score (nSPS) is 25.9. The van der Waals surface area contributed by atoms with E-state index in [-0.39, 0.29) is 62.3 Å². The maximum absolute atomic E-state index is 11.7. The Balaban J connectivity index is 0.000000320. The van der Waals surface area contributed by atoms with E-state index in [4.69, 9.17) is 29.9 Å². The SMILES string of the molecule is CC(C)(C)OC(=O)N1C[C@@H](CO)[C@@H](CO)C1.CC(C)(C)OC(=O)N1C[C@@H](CO)[C@@H](CO)C1. The molecule has 0 radical (unpaired) electrons. The van der Waals surface area contributed by atoms with Crippen molar-refractivity contribution < 1.29 is 39.5 Å². The summed E-state index contributed by atoms with van der Waals surface area (Å²) in [7, 11) is 0. The van der Waals surface area contributed by atoms with Gasteiger partial charge in [-0.2, -0.15) is 0 Å². The third-order valence-electron chi connectivity index (χ3n) is 5.39. The van der Waals surface area contributed by atoms with Crippen molar-refractivity contribution in [1.82, 2.24) is 9.80 Å². The molecule has 0 aromatic rings. The number of nitrogens with zero attached hydrogens (tertiary/aromatic N) is 2. The van der Waals surface area contributed by atoms with E-state index in [0.29, 0.717) is 26.2 Å². The molecule has 2 amide bonds. The minimum atomic E-state index is -0.511. The second-order valence-corrected chi connectivity index (χ2v) is 10.5. The van der Waals surface area contributed by atoms with Crippen LogP contribution >= 0.6 is 0 Å². The third-order valence-corrected chi connectivity index (χ3v) is 5.39. The molecule has 4 N–H and O–H groups in total. The minimum absolute atomic E-state index is 0.00940. The van der Waals surface area contributed by atoms with Gasteiger partial charge in [0.1, 0.15) is 11.2 Å². The molecule has 2 rings (SSSR count). The fourth-order valence-electron chi connectivity index (χ4n) is 3.66. The van der Waals surface area contributed by atoms with Gasteiger partial charge in [-0.3, -0.25) is 0 Å². The van der Waals surface area contributed by atoms with E-state index in [0.717, 1.165) is 0 Å². The zero-order valence-electron chi connectivity index (χ0n) is 20.3. The second kappa shape index (κ2) is 12.0. The monoisotopic (exact) mass is 462 g/mol. The van der Waals surface area contributed by atoms with E-state index in [1.165, 1.54) is 0 Å². The van der Waals surface area contributed by atoms with Crippen molar-refractivity contribution in [3.05, 3.63) is 0 Å². The summed E-state index contributed by atoms with van der Waals surface area (Å²) in [6.45, 7) is 12.7. The first-order chi connectivity index (χ1) is 14.7. The molecule has 0 bridgehead atoms. The lowest BCUT2D eigenvalue weighted by Crippen LogP contribution is -2.35. The van der Waals surface area contributed by atoms with Crippen molar-refractivity contribution in [2.24, 2.45) is 23.7 Å². The lowest BCUT2D eigenvalue weighted by molar-refractivity contribution is 0.0268. The van der Waals surface area contributed by atoms with Gasteiger partial charge in [-0.25, -0.2) is 9.59 Å². The van der Waals surface area contributed by atoms with Crippen molar-refractivity contribution in [2.75, 3.05) is 52.6 Å². The zero-order valence-corrected chi connectivity index (χ0v) is 20.3. The van der Waals surface area contributed by atoms with E-state index in [1.807, 2.05) is 41.5 Å². The van der Waals surface area contributed by atoms with Crippen molar-refractivity contribution >= 4 is 12.2 Å². The zero-order chi connectivity index (χ0) is 24.7. The highest BCUT2D eigenvalue weighted by Gasteiger charge is 2.37. The van der Waals surface area contributed by atoms with Gasteiger partial charge in [0.15, 0.2) is 0 Å². The van der Waals surface area contributed by atoms with E-state index < -0.39 is 11.2 Å². The molecule has 4 atom stereocenters. The highest BCUT2D eigenvalue weighted by atomic mass is 16.6. The van der Waals surface area contributed by atoms with Crippen LogP contribution in [0, 0.1) is 23.7 Å². The summed E-state index contributed by atoms with van der Waals surface area (Å²) >= 11 is 0. The van der Waals surface area contributed by atoms with Gasteiger partial charge in [0.2, 0.25) is 0 Å². The van der Waals surface area contributed by atoms with Gasteiger partial charge in [0.05, 0.1) is 0 Å². The van der Waals surface area contributed by atoms with E-state index in [1.54, 1.807) is 9.80 Å². The van der Waals surface area contributed by atoms with Crippen LogP contribution in [0.3, 0.4) is 0 Å². The Morgan fingerprint density at radius 2 is 0.844 bits per heavy atom. The van der Waals surface area contributed by atoms with Crippen LogP contribution in [0.1, 0.15) is 41.5 Å². The Morgan fingerprint density at radius 3 is 1.00 bits per heavy atom. The number of aliphatic hydroxyl groups excluding tert-OH is 4. The molecule has 0 aromatic carbocycles. The molecule has 188 valence electrons. The number of hydrogen-bond donors (Lipinski definition) is 4. The number of amides is 2. The topological polar surface area (TPSA) is 140 Å². The molecule has 0 spiro atoms. The molecule has 2 aliphatic heterocycles.